The first kappa shape index (κ1) is 19.7. The number of phenolic OH excluding ortho intramolecular Hbond substituents is 1. The average molecular weight is 398 g/mol. The van der Waals surface area contributed by atoms with Crippen LogP contribution in [0.15, 0.2) is 36.4 Å². The third-order valence-electron chi connectivity index (χ3n) is 6.43. The van der Waals surface area contributed by atoms with Crippen molar-refractivity contribution in [2.45, 2.75) is 38.0 Å². The van der Waals surface area contributed by atoms with Gasteiger partial charge in [0.2, 0.25) is 0 Å². The average Bonchev–Trinajstić information content (AvgIpc) is 2.77. The van der Waals surface area contributed by atoms with Crippen molar-refractivity contribution in [3.8, 4) is 23.0 Å². The van der Waals surface area contributed by atoms with Crippen LogP contribution in [0.5, 0.6) is 23.0 Å². The highest BCUT2D eigenvalue weighted by atomic mass is 16.5. The van der Waals surface area contributed by atoms with Crippen LogP contribution in [0.3, 0.4) is 0 Å². The third kappa shape index (κ3) is 4.39. The van der Waals surface area contributed by atoms with E-state index < -0.39 is 0 Å². The zero-order chi connectivity index (χ0) is 20.2. The maximum Gasteiger partial charge on any atom is 0.162 e. The zero-order valence-corrected chi connectivity index (χ0v) is 17.4. The van der Waals surface area contributed by atoms with Crippen molar-refractivity contribution in [1.82, 2.24) is 0 Å². The van der Waals surface area contributed by atoms with Gasteiger partial charge in [-0.15, -0.1) is 0 Å². The molecule has 1 atom stereocenters. The molecule has 29 heavy (non-hydrogen) atoms. The van der Waals surface area contributed by atoms with Gasteiger partial charge in [0, 0.05) is 30.4 Å². The molecule has 1 N–H and O–H groups in total. The molecule has 2 aliphatic rings. The molecule has 0 bridgehead atoms. The van der Waals surface area contributed by atoms with Crippen LogP contribution >= 0.6 is 0 Å². The quantitative estimate of drug-likeness (QED) is 0.746. The smallest absolute Gasteiger partial charge is 0.162 e. The highest BCUT2D eigenvalue weighted by Crippen LogP contribution is 2.40. The zero-order valence-electron chi connectivity index (χ0n) is 17.4. The lowest BCUT2D eigenvalue weighted by molar-refractivity contribution is 0.253. The van der Waals surface area contributed by atoms with Gasteiger partial charge in [-0.05, 0) is 74.3 Å². The molecule has 0 spiro atoms. The van der Waals surface area contributed by atoms with Gasteiger partial charge in [0.25, 0.3) is 0 Å². The van der Waals surface area contributed by atoms with Gasteiger partial charge in [0.15, 0.2) is 11.5 Å². The van der Waals surface area contributed by atoms with Crippen molar-refractivity contribution < 1.29 is 19.3 Å². The third-order valence-corrected chi connectivity index (χ3v) is 6.43. The van der Waals surface area contributed by atoms with Gasteiger partial charge >= 0.3 is 0 Å². The van der Waals surface area contributed by atoms with Crippen molar-refractivity contribution in [1.29, 1.82) is 0 Å². The maximum absolute atomic E-state index is 9.85. The summed E-state index contributed by atoms with van der Waals surface area (Å²) in [5.74, 6) is 4.09. The van der Waals surface area contributed by atoms with Gasteiger partial charge in [-0.3, -0.25) is 0 Å². The van der Waals surface area contributed by atoms with Crippen LogP contribution in [0, 0.1) is 5.92 Å². The molecule has 0 radical (unpaired) electrons. The number of hydrogen-bond acceptors (Lipinski definition) is 5. The molecule has 1 fully saturated rings. The molecule has 5 heteroatoms. The summed E-state index contributed by atoms with van der Waals surface area (Å²) in [4.78, 5) is 2.44. The molecule has 0 saturated carbocycles. The summed E-state index contributed by atoms with van der Waals surface area (Å²) < 4.78 is 16.6. The van der Waals surface area contributed by atoms with Crippen LogP contribution in [0.1, 0.15) is 43.6 Å². The van der Waals surface area contributed by atoms with Crippen LogP contribution < -0.4 is 19.1 Å². The fraction of sp³-hybridized carbons (Fsp3) is 0.500. The van der Waals surface area contributed by atoms with E-state index in [1.54, 1.807) is 20.3 Å². The first-order valence-electron chi connectivity index (χ1n) is 10.6. The predicted molar refractivity (Wildman–Crippen MR) is 115 cm³/mol. The molecule has 5 nitrogen and oxygen atoms in total. The number of hydrogen-bond donors (Lipinski definition) is 1. The molecule has 156 valence electrons. The summed E-state index contributed by atoms with van der Waals surface area (Å²) in [7, 11) is 3.35. The van der Waals surface area contributed by atoms with Crippen molar-refractivity contribution in [2.75, 3.05) is 38.8 Å². The minimum Gasteiger partial charge on any atom is -0.508 e. The lowest BCUT2D eigenvalue weighted by Crippen LogP contribution is -2.33. The molecule has 1 saturated heterocycles. The summed E-state index contributed by atoms with van der Waals surface area (Å²) in [6.45, 7) is 2.93. The number of phenols is 1. The van der Waals surface area contributed by atoms with E-state index in [9.17, 15) is 5.11 Å². The Morgan fingerprint density at radius 3 is 2.52 bits per heavy atom. The number of benzene rings is 2. The number of piperidine rings is 1. The summed E-state index contributed by atoms with van der Waals surface area (Å²) in [5, 5.41) is 9.85. The van der Waals surface area contributed by atoms with Gasteiger partial charge in [0.1, 0.15) is 11.5 Å². The fourth-order valence-corrected chi connectivity index (χ4v) is 4.69. The van der Waals surface area contributed by atoms with Crippen LogP contribution in [-0.2, 0) is 0 Å². The van der Waals surface area contributed by atoms with Crippen LogP contribution in [0.25, 0.3) is 0 Å². The number of ether oxygens (including phenoxy) is 3. The molecule has 0 amide bonds. The van der Waals surface area contributed by atoms with Crippen LogP contribution in [0.2, 0.25) is 0 Å². The Balaban J connectivity index is 1.32. The second-order valence-corrected chi connectivity index (χ2v) is 8.10. The summed E-state index contributed by atoms with van der Waals surface area (Å²) >= 11 is 0. The summed E-state index contributed by atoms with van der Waals surface area (Å²) in [5.41, 5.74) is 2.38. The van der Waals surface area contributed by atoms with E-state index in [1.807, 2.05) is 18.2 Å². The largest absolute Gasteiger partial charge is 0.508 e. The highest BCUT2D eigenvalue weighted by molar-refractivity contribution is 5.56. The Hall–Kier alpha value is -2.56. The Morgan fingerprint density at radius 2 is 1.76 bits per heavy atom. The second kappa shape index (κ2) is 8.85. The van der Waals surface area contributed by atoms with Gasteiger partial charge in [-0.2, -0.15) is 0 Å². The monoisotopic (exact) mass is 397 g/mol. The molecule has 0 aromatic heterocycles. The molecule has 0 aliphatic carbocycles. The molecule has 2 aromatic rings. The fourth-order valence-electron chi connectivity index (χ4n) is 4.69. The minimum absolute atomic E-state index is 0.336. The number of methoxy groups -OCH3 is 2. The van der Waals surface area contributed by atoms with Crippen molar-refractivity contribution in [3.63, 3.8) is 0 Å². The van der Waals surface area contributed by atoms with Gasteiger partial charge < -0.3 is 24.2 Å². The predicted octanol–water partition coefficient (Wildman–Crippen LogP) is 4.97. The number of nitrogens with zero attached hydrogens (tertiary/aromatic N) is 1. The van der Waals surface area contributed by atoms with Gasteiger partial charge in [0.05, 0.1) is 20.8 Å². The Labute approximate surface area is 173 Å². The van der Waals surface area contributed by atoms with E-state index in [1.165, 1.54) is 36.9 Å². The lowest BCUT2D eigenvalue weighted by atomic mass is 9.83. The molecule has 2 aromatic carbocycles. The van der Waals surface area contributed by atoms with Crippen LogP contribution in [0.4, 0.5) is 5.69 Å². The second-order valence-electron chi connectivity index (χ2n) is 8.10. The standard InChI is InChI=1S/C24H31NO4/c1-27-23-7-5-19(15-24(23)28-2)25-12-9-17(10-13-25)3-4-18-11-14-29-22-8-6-20(26)16-21(18)22/h5-8,15-18,26H,3-4,9-14H2,1-2H3. The molecular weight excluding hydrogens is 366 g/mol. The van der Waals surface area contributed by atoms with E-state index >= 15 is 0 Å². The van der Waals surface area contributed by atoms with Gasteiger partial charge in [-0.25, -0.2) is 0 Å². The first-order valence-corrected chi connectivity index (χ1v) is 10.6. The summed E-state index contributed by atoms with van der Waals surface area (Å²) in [6, 6.07) is 11.7. The van der Waals surface area contributed by atoms with Crippen molar-refractivity contribution >= 4 is 5.69 Å². The Kier molecular flexibility index (Phi) is 6.02. The molecule has 1 unspecified atom stereocenters. The molecule has 2 aliphatic heterocycles. The van der Waals surface area contributed by atoms with Crippen molar-refractivity contribution in [3.05, 3.63) is 42.0 Å². The maximum atomic E-state index is 9.85. The lowest BCUT2D eigenvalue weighted by Gasteiger charge is -2.35. The van der Waals surface area contributed by atoms with E-state index in [2.05, 4.69) is 17.0 Å². The SMILES string of the molecule is COc1ccc(N2CCC(CCC3CCOc4ccc(O)cc43)CC2)cc1OC. The number of anilines is 1. The number of fused-ring (bicyclic) bond motifs is 1. The molecular formula is C24H31NO4. The minimum atomic E-state index is 0.336. The normalized spacial score (nSPS) is 19.4. The topological polar surface area (TPSA) is 51.2 Å². The molecule has 2 heterocycles. The van der Waals surface area contributed by atoms with E-state index in [0.717, 1.165) is 49.3 Å². The Morgan fingerprint density at radius 1 is 0.966 bits per heavy atom. The number of aromatic hydroxyl groups is 1. The molecule has 4 rings (SSSR count). The van der Waals surface area contributed by atoms with Crippen LogP contribution in [-0.4, -0.2) is 39.0 Å². The Bertz CT molecular complexity index is 830. The van der Waals surface area contributed by atoms with E-state index in [-0.39, 0.29) is 0 Å². The number of rotatable bonds is 6. The first-order chi connectivity index (χ1) is 14.2. The van der Waals surface area contributed by atoms with Crippen molar-refractivity contribution in [2.24, 2.45) is 5.92 Å². The van der Waals surface area contributed by atoms with E-state index in [4.69, 9.17) is 14.2 Å². The van der Waals surface area contributed by atoms with E-state index in [0.29, 0.717) is 11.7 Å². The van der Waals surface area contributed by atoms with Gasteiger partial charge in [-0.1, -0.05) is 0 Å². The highest BCUT2D eigenvalue weighted by Gasteiger charge is 2.25. The summed E-state index contributed by atoms with van der Waals surface area (Å²) in [6.07, 6.45) is 5.87.